The summed E-state index contributed by atoms with van der Waals surface area (Å²) in [6, 6.07) is 8.99. The van der Waals surface area contributed by atoms with Crippen LogP contribution in [0.4, 0.5) is 8.78 Å². The zero-order valence-electron chi connectivity index (χ0n) is 18.6. The van der Waals surface area contributed by atoms with Crippen LogP contribution in [0.25, 0.3) is 0 Å². The third-order valence-electron chi connectivity index (χ3n) is 4.66. The minimum atomic E-state index is -1.47. The smallest absolute Gasteiger partial charge is 0.254 e. The molecule has 0 bridgehead atoms. The van der Waals surface area contributed by atoms with E-state index in [1.54, 1.807) is 31.2 Å². The van der Waals surface area contributed by atoms with Crippen molar-refractivity contribution in [3.63, 3.8) is 0 Å². The average Bonchev–Trinajstić information content (AvgIpc) is 2.75. The van der Waals surface area contributed by atoms with Gasteiger partial charge in [-0.3, -0.25) is 10.2 Å². The number of amides is 1. The number of carbonyl (C=O) groups is 1. The molecule has 0 aromatic heterocycles. The van der Waals surface area contributed by atoms with Gasteiger partial charge in [0.1, 0.15) is 11.7 Å². The average molecular weight is 449 g/mol. The summed E-state index contributed by atoms with van der Waals surface area (Å²) >= 11 is 0. The Morgan fingerprint density at radius 1 is 1.19 bits per heavy atom. The maximum atomic E-state index is 15.1. The van der Waals surface area contributed by atoms with Gasteiger partial charge in [0.15, 0.2) is 17.7 Å². The molecule has 7 nitrogen and oxygen atoms in total. The fourth-order valence-electron chi connectivity index (χ4n) is 3.00. The predicted molar refractivity (Wildman–Crippen MR) is 119 cm³/mol. The molecule has 0 spiro atoms. The summed E-state index contributed by atoms with van der Waals surface area (Å²) in [5.41, 5.74) is 6.23. The van der Waals surface area contributed by atoms with E-state index < -0.39 is 29.2 Å². The van der Waals surface area contributed by atoms with Crippen molar-refractivity contribution in [2.45, 2.75) is 26.0 Å². The summed E-state index contributed by atoms with van der Waals surface area (Å²) in [7, 11) is 3.83. The number of rotatable bonds is 12. The van der Waals surface area contributed by atoms with Crippen molar-refractivity contribution < 1.29 is 23.0 Å². The molecule has 0 aliphatic heterocycles. The van der Waals surface area contributed by atoms with Crippen LogP contribution in [0, 0.1) is 17.0 Å². The quantitative estimate of drug-likeness (QED) is 0.263. The van der Waals surface area contributed by atoms with E-state index in [1.165, 1.54) is 6.07 Å². The molecule has 1 amide bonds. The Hall–Kier alpha value is -3.04. The molecule has 0 saturated heterocycles. The Labute approximate surface area is 187 Å². The lowest BCUT2D eigenvalue weighted by Gasteiger charge is -2.20. The van der Waals surface area contributed by atoms with Gasteiger partial charge in [0, 0.05) is 25.3 Å². The van der Waals surface area contributed by atoms with Gasteiger partial charge in [-0.2, -0.15) is 0 Å². The first-order valence-electron chi connectivity index (χ1n) is 10.3. The number of carbonyl (C=O) groups excluding carboxylic acids is 1. The van der Waals surface area contributed by atoms with E-state index in [2.05, 4.69) is 5.32 Å². The van der Waals surface area contributed by atoms with Gasteiger partial charge >= 0.3 is 0 Å². The first-order chi connectivity index (χ1) is 15.2. The molecule has 0 saturated carbocycles. The molecule has 1 atom stereocenters. The predicted octanol–water partition coefficient (Wildman–Crippen LogP) is 2.97. The summed E-state index contributed by atoms with van der Waals surface area (Å²) in [4.78, 5) is 14.7. The summed E-state index contributed by atoms with van der Waals surface area (Å²) in [5, 5.41) is 10.1. The lowest BCUT2D eigenvalue weighted by Crippen LogP contribution is -2.32. The second-order valence-electron chi connectivity index (χ2n) is 7.44. The first kappa shape index (κ1) is 25.2. The zero-order chi connectivity index (χ0) is 23.7. The molecule has 0 heterocycles. The largest absolute Gasteiger partial charge is 0.490 e. The molecule has 0 radical (unpaired) electrons. The molecule has 2 rings (SSSR count). The van der Waals surface area contributed by atoms with Crippen molar-refractivity contribution in [2.75, 3.05) is 33.9 Å². The van der Waals surface area contributed by atoms with Crippen LogP contribution in [-0.4, -0.2) is 50.5 Å². The second-order valence-corrected chi connectivity index (χ2v) is 7.44. The van der Waals surface area contributed by atoms with Gasteiger partial charge in [0.25, 0.3) is 5.91 Å². The third kappa shape index (κ3) is 7.00. The summed E-state index contributed by atoms with van der Waals surface area (Å²) in [5.74, 6) is -2.70. The molecule has 32 heavy (non-hydrogen) atoms. The van der Waals surface area contributed by atoms with Gasteiger partial charge in [0.2, 0.25) is 0 Å². The number of amidine groups is 1. The SMILES string of the molecule is CCO[C@H](C(=O)NCc1ccc(C(=N)N)cc1)c1c(F)ccc(OCCCN(C)C)c1F. The summed E-state index contributed by atoms with van der Waals surface area (Å²) < 4.78 is 40.5. The fourth-order valence-corrected chi connectivity index (χ4v) is 3.00. The standard InChI is InChI=1S/C23H30F2N4O3/c1-4-31-21(23(30)28-14-15-6-8-16(9-7-15)22(26)27)19-17(24)10-11-18(20(19)25)32-13-5-12-29(2)3/h6-11,21H,4-5,12-14H2,1-3H3,(H3,26,27)(H,28,30)/t21-/m0/s1. The van der Waals surface area contributed by atoms with Gasteiger partial charge in [-0.1, -0.05) is 24.3 Å². The van der Waals surface area contributed by atoms with E-state index >= 15 is 4.39 Å². The normalized spacial score (nSPS) is 11.9. The summed E-state index contributed by atoms with van der Waals surface area (Å²) in [6.07, 6.45) is -0.807. The number of nitrogens with zero attached hydrogens (tertiary/aromatic N) is 1. The number of halogens is 2. The van der Waals surface area contributed by atoms with E-state index in [1.807, 2.05) is 19.0 Å². The Balaban J connectivity index is 2.14. The molecule has 174 valence electrons. The minimum Gasteiger partial charge on any atom is -0.490 e. The molecule has 0 aliphatic carbocycles. The van der Waals surface area contributed by atoms with Crippen LogP contribution >= 0.6 is 0 Å². The number of nitrogens with one attached hydrogen (secondary N) is 2. The number of benzene rings is 2. The van der Waals surface area contributed by atoms with Crippen LogP contribution in [0.3, 0.4) is 0 Å². The van der Waals surface area contributed by atoms with Crippen LogP contribution < -0.4 is 15.8 Å². The van der Waals surface area contributed by atoms with Crippen molar-refractivity contribution in [2.24, 2.45) is 5.73 Å². The lowest BCUT2D eigenvalue weighted by atomic mass is 10.1. The molecule has 2 aromatic carbocycles. The highest BCUT2D eigenvalue weighted by atomic mass is 19.1. The number of hydrogen-bond donors (Lipinski definition) is 3. The van der Waals surface area contributed by atoms with Crippen LogP contribution in [0.5, 0.6) is 5.75 Å². The first-order valence-corrected chi connectivity index (χ1v) is 10.3. The fraction of sp³-hybridized carbons (Fsp3) is 0.391. The number of nitrogens with two attached hydrogens (primary N) is 1. The topological polar surface area (TPSA) is 101 Å². The van der Waals surface area contributed by atoms with Gasteiger partial charge in [-0.05, 0) is 45.1 Å². The van der Waals surface area contributed by atoms with Crippen LogP contribution in [0.1, 0.15) is 36.1 Å². The van der Waals surface area contributed by atoms with Gasteiger partial charge in [0.05, 0.1) is 12.2 Å². The van der Waals surface area contributed by atoms with E-state index in [9.17, 15) is 9.18 Å². The molecular formula is C23H30F2N4O3. The minimum absolute atomic E-state index is 0.0632. The molecule has 0 unspecified atom stereocenters. The number of ether oxygens (including phenoxy) is 2. The van der Waals surface area contributed by atoms with Gasteiger partial charge in [-0.25, -0.2) is 8.78 Å². The van der Waals surface area contributed by atoms with E-state index in [4.69, 9.17) is 20.6 Å². The highest BCUT2D eigenvalue weighted by Gasteiger charge is 2.29. The molecule has 4 N–H and O–H groups in total. The number of hydrogen-bond acceptors (Lipinski definition) is 5. The molecular weight excluding hydrogens is 418 g/mol. The van der Waals surface area contributed by atoms with Crippen LogP contribution in [0.2, 0.25) is 0 Å². The van der Waals surface area contributed by atoms with E-state index in [-0.39, 0.29) is 31.3 Å². The Kier molecular flexibility index (Phi) is 9.55. The lowest BCUT2D eigenvalue weighted by molar-refractivity contribution is -0.133. The monoisotopic (exact) mass is 448 g/mol. The van der Waals surface area contributed by atoms with Crippen molar-refractivity contribution in [1.82, 2.24) is 10.2 Å². The van der Waals surface area contributed by atoms with Crippen molar-refractivity contribution in [3.05, 3.63) is 64.7 Å². The maximum absolute atomic E-state index is 15.1. The Morgan fingerprint density at radius 3 is 2.47 bits per heavy atom. The second kappa shape index (κ2) is 12.1. The maximum Gasteiger partial charge on any atom is 0.254 e. The highest BCUT2D eigenvalue weighted by Crippen LogP contribution is 2.30. The number of nitrogen functional groups attached to an aromatic ring is 1. The van der Waals surface area contributed by atoms with Crippen molar-refractivity contribution in [1.29, 1.82) is 5.41 Å². The van der Waals surface area contributed by atoms with E-state index in [0.717, 1.165) is 18.2 Å². The highest BCUT2D eigenvalue weighted by molar-refractivity contribution is 5.94. The van der Waals surface area contributed by atoms with Crippen molar-refractivity contribution >= 4 is 11.7 Å². The van der Waals surface area contributed by atoms with Crippen LogP contribution in [-0.2, 0) is 16.1 Å². The van der Waals surface area contributed by atoms with Gasteiger partial charge < -0.3 is 25.4 Å². The van der Waals surface area contributed by atoms with Gasteiger partial charge in [-0.15, -0.1) is 0 Å². The van der Waals surface area contributed by atoms with E-state index in [0.29, 0.717) is 12.0 Å². The Bertz CT molecular complexity index is 920. The third-order valence-corrected chi connectivity index (χ3v) is 4.66. The molecule has 0 fully saturated rings. The summed E-state index contributed by atoms with van der Waals surface area (Å²) in [6.45, 7) is 2.84. The van der Waals surface area contributed by atoms with Crippen molar-refractivity contribution in [3.8, 4) is 5.75 Å². The molecule has 0 aliphatic rings. The molecule has 2 aromatic rings. The molecule has 9 heteroatoms. The zero-order valence-corrected chi connectivity index (χ0v) is 18.6. The Morgan fingerprint density at radius 2 is 1.88 bits per heavy atom. The van der Waals surface area contributed by atoms with Crippen LogP contribution in [0.15, 0.2) is 36.4 Å².